The van der Waals surface area contributed by atoms with Crippen LogP contribution >= 0.6 is 0 Å². The van der Waals surface area contributed by atoms with E-state index in [2.05, 4.69) is 30.5 Å². The number of amides is 1. The Morgan fingerprint density at radius 1 is 1.10 bits per heavy atom. The molecule has 21 heavy (non-hydrogen) atoms. The molecule has 0 spiro atoms. The number of nitrogens with zero attached hydrogens (tertiary/aromatic N) is 1. The second kappa shape index (κ2) is 8.71. The second-order valence-electron chi connectivity index (χ2n) is 5.94. The lowest BCUT2D eigenvalue weighted by Crippen LogP contribution is -2.41. The molecule has 1 heterocycles. The van der Waals surface area contributed by atoms with E-state index in [0.29, 0.717) is 6.42 Å². The van der Waals surface area contributed by atoms with Gasteiger partial charge in [-0.15, -0.1) is 0 Å². The van der Waals surface area contributed by atoms with Gasteiger partial charge < -0.3 is 0 Å². The van der Waals surface area contributed by atoms with Crippen LogP contribution in [0.3, 0.4) is 0 Å². The Kier molecular flexibility index (Phi) is 6.58. The zero-order chi connectivity index (χ0) is 14.9. The molecule has 1 aliphatic heterocycles. The van der Waals surface area contributed by atoms with E-state index in [1.165, 1.54) is 44.1 Å². The lowest BCUT2D eigenvalue weighted by atomic mass is 10.1. The molecular formula is C18H28N2O. The van der Waals surface area contributed by atoms with Crippen molar-refractivity contribution in [3.05, 3.63) is 29.8 Å². The zero-order valence-corrected chi connectivity index (χ0v) is 13.2. The average molecular weight is 288 g/mol. The smallest absolute Gasteiger partial charge is 0.238 e. The molecule has 0 fully saturated rings. The highest BCUT2D eigenvalue weighted by Gasteiger charge is 2.19. The van der Waals surface area contributed by atoms with Crippen LogP contribution in [0.15, 0.2) is 24.3 Å². The molecule has 0 aliphatic carbocycles. The molecule has 3 nitrogen and oxygen atoms in total. The lowest BCUT2D eigenvalue weighted by molar-refractivity contribution is -0.121. The number of hydrogen-bond donors (Lipinski definition) is 1. The Bertz CT molecular complexity index is 445. The third kappa shape index (κ3) is 5.07. The molecule has 0 aromatic heterocycles. The maximum absolute atomic E-state index is 12.0. The number of para-hydroxylation sites is 1. The molecule has 3 heteroatoms. The van der Waals surface area contributed by atoms with E-state index in [1.807, 2.05) is 11.1 Å². The summed E-state index contributed by atoms with van der Waals surface area (Å²) in [6.07, 6.45) is 10.4. The fourth-order valence-corrected chi connectivity index (χ4v) is 2.90. The molecule has 1 aromatic rings. The highest BCUT2D eigenvalue weighted by molar-refractivity contribution is 5.78. The maximum Gasteiger partial charge on any atom is 0.238 e. The SMILES string of the molecule is CCCCCCCCCC(=O)NN1CCc2ccccc21. The van der Waals surface area contributed by atoms with Gasteiger partial charge in [-0.3, -0.25) is 15.2 Å². The fraction of sp³-hybridized carbons (Fsp3) is 0.611. The van der Waals surface area contributed by atoms with E-state index in [4.69, 9.17) is 0 Å². The Morgan fingerprint density at radius 3 is 2.62 bits per heavy atom. The van der Waals surface area contributed by atoms with Crippen LogP contribution in [0.5, 0.6) is 0 Å². The van der Waals surface area contributed by atoms with Gasteiger partial charge in [0.2, 0.25) is 5.91 Å². The number of fused-ring (bicyclic) bond motifs is 1. The van der Waals surface area contributed by atoms with Crippen molar-refractivity contribution < 1.29 is 4.79 Å². The number of hydrazine groups is 1. The largest absolute Gasteiger partial charge is 0.285 e. The van der Waals surface area contributed by atoms with Crippen molar-refractivity contribution in [2.45, 2.75) is 64.7 Å². The predicted molar refractivity (Wildman–Crippen MR) is 88.2 cm³/mol. The van der Waals surface area contributed by atoms with Crippen molar-refractivity contribution in [3.8, 4) is 0 Å². The van der Waals surface area contributed by atoms with Crippen LogP contribution in [0.1, 0.15) is 63.9 Å². The third-order valence-electron chi connectivity index (χ3n) is 4.15. The standard InChI is InChI=1S/C18H28N2O/c1-2-3-4-5-6-7-8-13-18(21)19-20-15-14-16-11-9-10-12-17(16)20/h9-12H,2-8,13-15H2,1H3,(H,19,21). The van der Waals surface area contributed by atoms with E-state index >= 15 is 0 Å². The van der Waals surface area contributed by atoms with Crippen LogP contribution in [-0.4, -0.2) is 12.5 Å². The summed E-state index contributed by atoms with van der Waals surface area (Å²) in [5, 5.41) is 2.00. The van der Waals surface area contributed by atoms with Crippen LogP contribution in [-0.2, 0) is 11.2 Å². The summed E-state index contributed by atoms with van der Waals surface area (Å²) in [6, 6.07) is 8.30. The zero-order valence-electron chi connectivity index (χ0n) is 13.2. The minimum atomic E-state index is 0.153. The molecule has 0 atom stereocenters. The van der Waals surface area contributed by atoms with Gasteiger partial charge >= 0.3 is 0 Å². The number of nitrogens with one attached hydrogen (secondary N) is 1. The fourth-order valence-electron chi connectivity index (χ4n) is 2.90. The van der Waals surface area contributed by atoms with Crippen molar-refractivity contribution in [2.24, 2.45) is 0 Å². The van der Waals surface area contributed by atoms with Gasteiger partial charge in [0.25, 0.3) is 0 Å². The summed E-state index contributed by atoms with van der Waals surface area (Å²) in [4.78, 5) is 12.0. The first-order chi connectivity index (χ1) is 10.3. The first-order valence-corrected chi connectivity index (χ1v) is 8.46. The summed E-state index contributed by atoms with van der Waals surface area (Å²) in [6.45, 7) is 3.13. The number of carbonyl (C=O) groups excluding carboxylic acids is 1. The quantitative estimate of drug-likeness (QED) is 0.690. The van der Waals surface area contributed by atoms with Crippen molar-refractivity contribution in [2.75, 3.05) is 11.6 Å². The van der Waals surface area contributed by atoms with Gasteiger partial charge in [0.15, 0.2) is 0 Å². The number of anilines is 1. The van der Waals surface area contributed by atoms with E-state index in [9.17, 15) is 4.79 Å². The first-order valence-electron chi connectivity index (χ1n) is 8.46. The van der Waals surface area contributed by atoms with Crippen LogP contribution in [0.25, 0.3) is 0 Å². The van der Waals surface area contributed by atoms with Gasteiger partial charge in [-0.2, -0.15) is 0 Å². The van der Waals surface area contributed by atoms with Gasteiger partial charge in [-0.05, 0) is 24.5 Å². The van der Waals surface area contributed by atoms with Crippen molar-refractivity contribution in [1.82, 2.24) is 5.43 Å². The van der Waals surface area contributed by atoms with Crippen LogP contribution in [0.2, 0.25) is 0 Å². The molecule has 0 radical (unpaired) electrons. The minimum Gasteiger partial charge on any atom is -0.285 e. The Hall–Kier alpha value is -1.51. The number of hydrogen-bond acceptors (Lipinski definition) is 2. The van der Waals surface area contributed by atoms with E-state index in [1.54, 1.807) is 0 Å². The summed E-state index contributed by atoms with van der Waals surface area (Å²) in [7, 11) is 0. The monoisotopic (exact) mass is 288 g/mol. The molecule has 1 amide bonds. The highest BCUT2D eigenvalue weighted by atomic mass is 16.2. The van der Waals surface area contributed by atoms with Gasteiger partial charge in [-0.1, -0.05) is 63.6 Å². The second-order valence-corrected chi connectivity index (χ2v) is 5.94. The average Bonchev–Trinajstić information content (AvgIpc) is 2.90. The molecule has 2 rings (SSSR count). The molecule has 0 bridgehead atoms. The number of carbonyl (C=O) groups is 1. The molecule has 1 aromatic carbocycles. The Labute approximate surface area is 128 Å². The summed E-state index contributed by atoms with van der Waals surface area (Å²) < 4.78 is 0. The van der Waals surface area contributed by atoms with Gasteiger partial charge in [0, 0.05) is 13.0 Å². The summed E-state index contributed by atoms with van der Waals surface area (Å²) in [5.41, 5.74) is 5.53. The first kappa shape index (κ1) is 15.9. The van der Waals surface area contributed by atoms with Crippen LogP contribution < -0.4 is 10.4 Å². The molecule has 1 N–H and O–H groups in total. The number of benzene rings is 1. The van der Waals surface area contributed by atoms with Crippen molar-refractivity contribution >= 4 is 11.6 Å². The van der Waals surface area contributed by atoms with E-state index < -0.39 is 0 Å². The molecule has 0 saturated carbocycles. The third-order valence-corrected chi connectivity index (χ3v) is 4.15. The topological polar surface area (TPSA) is 32.3 Å². The van der Waals surface area contributed by atoms with Crippen molar-refractivity contribution in [1.29, 1.82) is 0 Å². The number of rotatable bonds is 9. The molecule has 0 unspecified atom stereocenters. The minimum absolute atomic E-state index is 0.153. The molecule has 0 saturated heterocycles. The molecular weight excluding hydrogens is 260 g/mol. The normalized spacial score (nSPS) is 13.3. The molecule has 1 aliphatic rings. The van der Waals surface area contributed by atoms with Gasteiger partial charge in [0.1, 0.15) is 0 Å². The van der Waals surface area contributed by atoms with Crippen LogP contribution in [0.4, 0.5) is 5.69 Å². The Balaban J connectivity index is 1.60. The lowest BCUT2D eigenvalue weighted by Gasteiger charge is -2.20. The molecule has 116 valence electrons. The van der Waals surface area contributed by atoms with Gasteiger partial charge in [-0.25, -0.2) is 0 Å². The Morgan fingerprint density at radius 2 is 1.81 bits per heavy atom. The maximum atomic E-state index is 12.0. The summed E-state index contributed by atoms with van der Waals surface area (Å²) >= 11 is 0. The number of unbranched alkanes of at least 4 members (excludes halogenated alkanes) is 6. The van der Waals surface area contributed by atoms with Gasteiger partial charge in [0.05, 0.1) is 5.69 Å². The van der Waals surface area contributed by atoms with Crippen LogP contribution in [0, 0.1) is 0 Å². The summed E-state index contributed by atoms with van der Waals surface area (Å²) in [5.74, 6) is 0.153. The highest BCUT2D eigenvalue weighted by Crippen LogP contribution is 2.25. The van der Waals surface area contributed by atoms with E-state index in [0.717, 1.165) is 25.1 Å². The predicted octanol–water partition coefficient (Wildman–Crippen LogP) is 4.22. The van der Waals surface area contributed by atoms with E-state index in [-0.39, 0.29) is 5.91 Å². The van der Waals surface area contributed by atoms with Crippen molar-refractivity contribution in [3.63, 3.8) is 0 Å².